The van der Waals surface area contributed by atoms with Crippen molar-refractivity contribution in [3.8, 4) is 0 Å². The molecule has 7 nitrogen and oxygen atoms in total. The van der Waals surface area contributed by atoms with E-state index in [0.717, 1.165) is 18.5 Å². The van der Waals surface area contributed by atoms with Gasteiger partial charge in [0.25, 0.3) is 11.5 Å². The van der Waals surface area contributed by atoms with E-state index >= 15 is 0 Å². The van der Waals surface area contributed by atoms with Gasteiger partial charge in [0.05, 0.1) is 24.9 Å². The third-order valence-corrected chi connectivity index (χ3v) is 5.31. The minimum absolute atomic E-state index is 0.0321. The number of carbonyl (C=O) groups is 1. The number of nitrogens with zero attached hydrogens (tertiary/aromatic N) is 3. The molecule has 0 N–H and O–H groups in total. The molecule has 0 aromatic carbocycles. The van der Waals surface area contributed by atoms with Gasteiger partial charge >= 0.3 is 0 Å². The molecule has 1 amide bonds. The Kier molecular flexibility index (Phi) is 5.05. The predicted octanol–water partition coefficient (Wildman–Crippen LogP) is 1.37. The summed E-state index contributed by atoms with van der Waals surface area (Å²) in [5.74, 6) is -0.153. The maximum atomic E-state index is 13.1. The highest BCUT2D eigenvalue weighted by atomic mass is 16.5. The molecule has 2 aliphatic heterocycles. The Morgan fingerprint density at radius 2 is 2.19 bits per heavy atom. The largest absolute Gasteiger partial charge is 0.373 e. The maximum absolute atomic E-state index is 13.1. The number of ether oxygens (including phenoxy) is 2. The van der Waals surface area contributed by atoms with Crippen LogP contribution >= 0.6 is 0 Å². The van der Waals surface area contributed by atoms with Gasteiger partial charge in [0.2, 0.25) is 0 Å². The van der Waals surface area contributed by atoms with E-state index in [2.05, 4.69) is 4.98 Å². The van der Waals surface area contributed by atoms with E-state index < -0.39 is 0 Å². The molecule has 2 saturated heterocycles. The zero-order chi connectivity index (χ0) is 18.8. The molecule has 0 spiro atoms. The van der Waals surface area contributed by atoms with E-state index in [0.29, 0.717) is 25.5 Å². The maximum Gasteiger partial charge on any atom is 0.271 e. The van der Waals surface area contributed by atoms with E-state index in [1.165, 1.54) is 10.6 Å². The molecule has 3 atom stereocenters. The summed E-state index contributed by atoms with van der Waals surface area (Å²) in [5.41, 5.74) is 1.04. The van der Waals surface area contributed by atoms with Gasteiger partial charge in [0.15, 0.2) is 0 Å². The highest BCUT2D eigenvalue weighted by molar-refractivity contribution is 5.93. The number of carbonyl (C=O) groups excluding carboxylic acids is 1. The van der Waals surface area contributed by atoms with Crippen molar-refractivity contribution in [3.63, 3.8) is 0 Å². The molecule has 2 aromatic heterocycles. The molecular weight excluding hydrogens is 346 g/mol. The molecule has 2 aromatic rings. The summed E-state index contributed by atoms with van der Waals surface area (Å²) in [6.45, 7) is 1.50. The van der Waals surface area contributed by atoms with Crippen LogP contribution in [0.2, 0.25) is 0 Å². The van der Waals surface area contributed by atoms with Crippen LogP contribution in [-0.4, -0.2) is 51.8 Å². The molecule has 0 bridgehead atoms. The Bertz CT molecular complexity index is 867. The van der Waals surface area contributed by atoms with Crippen LogP contribution in [0.15, 0.2) is 47.4 Å². The molecule has 4 rings (SSSR count). The Morgan fingerprint density at radius 1 is 1.30 bits per heavy atom. The highest BCUT2D eigenvalue weighted by Gasteiger charge is 2.47. The first kappa shape index (κ1) is 17.9. The molecule has 0 aliphatic carbocycles. The lowest BCUT2D eigenvalue weighted by Gasteiger charge is -2.32. The average Bonchev–Trinajstić information content (AvgIpc) is 3.08. The smallest absolute Gasteiger partial charge is 0.271 e. The third kappa shape index (κ3) is 3.52. The number of hydrogen-bond acceptors (Lipinski definition) is 5. The van der Waals surface area contributed by atoms with Crippen molar-refractivity contribution in [2.24, 2.45) is 7.05 Å². The van der Waals surface area contributed by atoms with Crippen LogP contribution < -0.4 is 5.56 Å². The van der Waals surface area contributed by atoms with Gasteiger partial charge < -0.3 is 18.9 Å². The van der Waals surface area contributed by atoms with Gasteiger partial charge in [-0.3, -0.25) is 14.6 Å². The minimum Gasteiger partial charge on any atom is -0.373 e. The molecule has 2 aliphatic rings. The number of fused-ring (bicyclic) bond motifs is 1. The fraction of sp³-hybridized carbons (Fsp3) is 0.450. The minimum atomic E-state index is -0.206. The standard InChI is InChI=1S/C20H23N3O4/c1-22-16(7-4-9-18(22)24)20(25)23-12-17(19-15(23)8-5-11-26-19)27-13-14-6-2-3-10-21-14/h2-4,6-7,9-10,15,17,19H,5,8,11-13H2,1H3/t15-,17+,19+/m1/s1. The molecule has 7 heteroatoms. The highest BCUT2D eigenvalue weighted by Crippen LogP contribution is 2.32. The van der Waals surface area contributed by atoms with Gasteiger partial charge in [-0.25, -0.2) is 0 Å². The molecule has 142 valence electrons. The van der Waals surface area contributed by atoms with E-state index in [4.69, 9.17) is 9.47 Å². The van der Waals surface area contributed by atoms with Crippen molar-refractivity contribution in [1.29, 1.82) is 0 Å². The third-order valence-electron chi connectivity index (χ3n) is 5.31. The van der Waals surface area contributed by atoms with Crippen molar-refractivity contribution < 1.29 is 14.3 Å². The molecule has 4 heterocycles. The fourth-order valence-electron chi connectivity index (χ4n) is 3.89. The lowest BCUT2D eigenvalue weighted by atomic mass is 10.0. The molecule has 0 radical (unpaired) electrons. The van der Waals surface area contributed by atoms with Gasteiger partial charge in [0, 0.05) is 25.9 Å². The van der Waals surface area contributed by atoms with Crippen LogP contribution in [0.3, 0.4) is 0 Å². The summed E-state index contributed by atoms with van der Waals surface area (Å²) in [6, 6.07) is 10.4. The second-order valence-corrected chi connectivity index (χ2v) is 6.98. The number of hydrogen-bond donors (Lipinski definition) is 0. The van der Waals surface area contributed by atoms with Gasteiger partial charge in [-0.1, -0.05) is 12.1 Å². The summed E-state index contributed by atoms with van der Waals surface area (Å²) in [5, 5.41) is 0. The van der Waals surface area contributed by atoms with Crippen molar-refractivity contribution in [1.82, 2.24) is 14.5 Å². The SMILES string of the molecule is Cn1c(C(=O)N2C[C@H](OCc3ccccn3)[C@H]3OCCC[C@H]32)cccc1=O. The zero-order valence-corrected chi connectivity index (χ0v) is 15.3. The van der Waals surface area contributed by atoms with Crippen LogP contribution in [0.4, 0.5) is 0 Å². The van der Waals surface area contributed by atoms with Crippen LogP contribution in [0.1, 0.15) is 29.0 Å². The molecule has 0 unspecified atom stereocenters. The topological polar surface area (TPSA) is 73.7 Å². The monoisotopic (exact) mass is 369 g/mol. The summed E-state index contributed by atoms with van der Waals surface area (Å²) < 4.78 is 13.4. The van der Waals surface area contributed by atoms with E-state index in [-0.39, 0.29) is 29.7 Å². The van der Waals surface area contributed by atoms with Gasteiger partial charge in [-0.05, 0) is 31.0 Å². The second-order valence-electron chi connectivity index (χ2n) is 6.98. The van der Waals surface area contributed by atoms with E-state index in [9.17, 15) is 9.59 Å². The first-order valence-corrected chi connectivity index (χ1v) is 9.25. The quantitative estimate of drug-likeness (QED) is 0.814. The predicted molar refractivity (Wildman–Crippen MR) is 98.3 cm³/mol. The van der Waals surface area contributed by atoms with Gasteiger partial charge in [0.1, 0.15) is 17.9 Å². The summed E-state index contributed by atoms with van der Waals surface area (Å²) in [6.07, 6.45) is 3.17. The van der Waals surface area contributed by atoms with Gasteiger partial charge in [-0.15, -0.1) is 0 Å². The van der Waals surface area contributed by atoms with Crippen molar-refractivity contribution in [2.45, 2.75) is 37.7 Å². The summed E-state index contributed by atoms with van der Waals surface area (Å²) >= 11 is 0. The first-order valence-electron chi connectivity index (χ1n) is 9.25. The number of likely N-dealkylation sites (tertiary alicyclic amines) is 1. The Hall–Kier alpha value is -2.51. The summed E-state index contributed by atoms with van der Waals surface area (Å²) in [7, 11) is 1.62. The van der Waals surface area contributed by atoms with Crippen molar-refractivity contribution in [3.05, 3.63) is 64.3 Å². The summed E-state index contributed by atoms with van der Waals surface area (Å²) in [4.78, 5) is 31.1. The number of amides is 1. The lowest BCUT2D eigenvalue weighted by molar-refractivity contribution is -0.0814. The number of pyridine rings is 2. The van der Waals surface area contributed by atoms with Crippen LogP contribution in [0.25, 0.3) is 0 Å². The molecule has 27 heavy (non-hydrogen) atoms. The van der Waals surface area contributed by atoms with Crippen LogP contribution in [0.5, 0.6) is 0 Å². The number of rotatable bonds is 4. The van der Waals surface area contributed by atoms with Crippen molar-refractivity contribution >= 4 is 5.91 Å². The average molecular weight is 369 g/mol. The van der Waals surface area contributed by atoms with Crippen molar-refractivity contribution in [2.75, 3.05) is 13.2 Å². The fourth-order valence-corrected chi connectivity index (χ4v) is 3.89. The Balaban J connectivity index is 1.53. The van der Waals surface area contributed by atoms with Crippen LogP contribution in [-0.2, 0) is 23.1 Å². The molecular formula is C20H23N3O4. The normalized spacial score (nSPS) is 24.6. The molecule has 0 saturated carbocycles. The number of aromatic nitrogens is 2. The van der Waals surface area contributed by atoms with Crippen LogP contribution in [0, 0.1) is 0 Å². The Morgan fingerprint density at radius 3 is 3.00 bits per heavy atom. The lowest BCUT2D eigenvalue weighted by Crippen LogP contribution is -2.44. The van der Waals surface area contributed by atoms with Gasteiger partial charge in [-0.2, -0.15) is 0 Å². The van der Waals surface area contributed by atoms with E-state index in [1.54, 1.807) is 25.4 Å². The first-order chi connectivity index (χ1) is 13.1. The Labute approximate surface area is 157 Å². The molecule has 2 fully saturated rings. The van der Waals surface area contributed by atoms with E-state index in [1.807, 2.05) is 23.1 Å². The second kappa shape index (κ2) is 7.62. The zero-order valence-electron chi connectivity index (χ0n) is 15.3.